The van der Waals surface area contributed by atoms with E-state index in [1.165, 1.54) is 0 Å². The van der Waals surface area contributed by atoms with Gasteiger partial charge in [-0.3, -0.25) is 4.79 Å². The van der Waals surface area contributed by atoms with Gasteiger partial charge in [-0.2, -0.15) is 0 Å². The van der Waals surface area contributed by atoms with Gasteiger partial charge in [0.15, 0.2) is 17.2 Å². The fraction of sp³-hybridized carbons (Fsp3) is 0.389. The predicted octanol–water partition coefficient (Wildman–Crippen LogP) is 4.49. The number of hydrogen-bond acceptors (Lipinski definition) is 6. The SMILES string of the molecule is CC(C)c1cc([C@H]2CCCN2C(=O)c2cc(-c3cccs3)on2)on1. The number of likely N-dealkylation sites (tertiary alicyclic amines) is 1. The first kappa shape index (κ1) is 16.1. The molecule has 1 aliphatic heterocycles. The first-order valence-electron chi connectivity index (χ1n) is 8.41. The summed E-state index contributed by atoms with van der Waals surface area (Å²) in [5, 5.41) is 10.1. The lowest BCUT2D eigenvalue weighted by atomic mass is 10.1. The normalized spacial score (nSPS) is 17.6. The minimum absolute atomic E-state index is 0.0885. The van der Waals surface area contributed by atoms with Gasteiger partial charge in [0.1, 0.15) is 0 Å². The molecule has 3 aromatic rings. The number of hydrogen-bond donors (Lipinski definition) is 0. The van der Waals surface area contributed by atoms with Crippen LogP contribution in [0.15, 0.2) is 38.7 Å². The van der Waals surface area contributed by atoms with Gasteiger partial charge in [0.25, 0.3) is 5.91 Å². The van der Waals surface area contributed by atoms with Crippen molar-refractivity contribution in [1.82, 2.24) is 15.2 Å². The quantitative estimate of drug-likeness (QED) is 0.688. The number of thiophene rings is 1. The third-order valence-corrected chi connectivity index (χ3v) is 5.36. The van der Waals surface area contributed by atoms with Crippen LogP contribution in [0.3, 0.4) is 0 Å². The zero-order chi connectivity index (χ0) is 17.4. The lowest BCUT2D eigenvalue weighted by molar-refractivity contribution is 0.0704. The Kier molecular flexibility index (Phi) is 4.17. The Morgan fingerprint density at radius 2 is 2.20 bits per heavy atom. The smallest absolute Gasteiger partial charge is 0.276 e. The van der Waals surface area contributed by atoms with E-state index in [2.05, 4.69) is 24.2 Å². The van der Waals surface area contributed by atoms with Gasteiger partial charge in [0, 0.05) is 18.7 Å². The van der Waals surface area contributed by atoms with Gasteiger partial charge in [0.2, 0.25) is 0 Å². The summed E-state index contributed by atoms with van der Waals surface area (Å²) >= 11 is 1.55. The Labute approximate surface area is 149 Å². The van der Waals surface area contributed by atoms with Crippen LogP contribution >= 0.6 is 11.3 Å². The molecule has 130 valence electrons. The number of aromatic nitrogens is 2. The molecule has 4 heterocycles. The topological polar surface area (TPSA) is 72.4 Å². The first-order chi connectivity index (χ1) is 12.1. The van der Waals surface area contributed by atoms with E-state index < -0.39 is 0 Å². The summed E-state index contributed by atoms with van der Waals surface area (Å²) in [5.74, 6) is 1.54. The second-order valence-corrected chi connectivity index (χ2v) is 7.47. The van der Waals surface area contributed by atoms with Crippen LogP contribution in [0.4, 0.5) is 0 Å². The summed E-state index contributed by atoms with van der Waals surface area (Å²) in [5.41, 5.74) is 1.25. The highest BCUT2D eigenvalue weighted by atomic mass is 32.1. The summed E-state index contributed by atoms with van der Waals surface area (Å²) in [6, 6.07) is 7.47. The van der Waals surface area contributed by atoms with Crippen LogP contribution < -0.4 is 0 Å². The molecule has 0 bridgehead atoms. The number of rotatable bonds is 4. The number of carbonyl (C=O) groups excluding carboxylic acids is 1. The van der Waals surface area contributed by atoms with E-state index in [0.717, 1.165) is 29.2 Å². The van der Waals surface area contributed by atoms with Crippen molar-refractivity contribution >= 4 is 17.2 Å². The van der Waals surface area contributed by atoms with E-state index >= 15 is 0 Å². The van der Waals surface area contributed by atoms with E-state index in [1.54, 1.807) is 22.3 Å². The van der Waals surface area contributed by atoms with Crippen LogP contribution in [0.1, 0.15) is 60.6 Å². The van der Waals surface area contributed by atoms with E-state index in [-0.39, 0.29) is 11.9 Å². The third kappa shape index (κ3) is 3.00. The van der Waals surface area contributed by atoms with Crippen molar-refractivity contribution in [2.75, 3.05) is 6.54 Å². The van der Waals surface area contributed by atoms with Crippen LogP contribution in [-0.2, 0) is 0 Å². The van der Waals surface area contributed by atoms with E-state index in [0.29, 0.717) is 23.9 Å². The summed E-state index contributed by atoms with van der Waals surface area (Å²) in [7, 11) is 0. The van der Waals surface area contributed by atoms with Crippen LogP contribution in [0.25, 0.3) is 10.6 Å². The lowest BCUT2D eigenvalue weighted by Gasteiger charge is -2.21. The van der Waals surface area contributed by atoms with Crippen LogP contribution in [-0.4, -0.2) is 27.7 Å². The van der Waals surface area contributed by atoms with Crippen molar-refractivity contribution in [2.45, 2.75) is 38.6 Å². The van der Waals surface area contributed by atoms with Crippen molar-refractivity contribution in [2.24, 2.45) is 0 Å². The molecule has 0 aliphatic carbocycles. The molecule has 0 unspecified atom stereocenters. The number of carbonyl (C=O) groups is 1. The maximum absolute atomic E-state index is 12.9. The molecule has 7 heteroatoms. The van der Waals surface area contributed by atoms with Crippen molar-refractivity contribution in [3.8, 4) is 10.6 Å². The van der Waals surface area contributed by atoms with Gasteiger partial charge >= 0.3 is 0 Å². The van der Waals surface area contributed by atoms with E-state index in [1.807, 2.05) is 23.6 Å². The summed E-state index contributed by atoms with van der Waals surface area (Å²) in [6.45, 7) is 4.82. The maximum Gasteiger partial charge on any atom is 0.276 e. The molecule has 6 nitrogen and oxygen atoms in total. The maximum atomic E-state index is 12.9. The average molecular weight is 357 g/mol. The largest absolute Gasteiger partial charge is 0.359 e. The standard InChI is InChI=1S/C18H19N3O3S/c1-11(2)12-9-15(23-19-12)14-5-3-7-21(14)18(22)13-10-16(24-20-13)17-6-4-8-25-17/h4,6,8-11,14H,3,5,7H2,1-2H3/t14-/m1/s1. The minimum atomic E-state index is -0.128. The molecule has 1 fully saturated rings. The van der Waals surface area contributed by atoms with Gasteiger partial charge in [-0.05, 0) is 30.2 Å². The zero-order valence-electron chi connectivity index (χ0n) is 14.1. The molecular weight excluding hydrogens is 338 g/mol. The molecule has 1 saturated heterocycles. The number of nitrogens with zero attached hydrogens (tertiary/aromatic N) is 3. The lowest BCUT2D eigenvalue weighted by Crippen LogP contribution is -2.30. The molecule has 0 radical (unpaired) electrons. The molecular formula is C18H19N3O3S. The van der Waals surface area contributed by atoms with Crippen LogP contribution in [0.2, 0.25) is 0 Å². The zero-order valence-corrected chi connectivity index (χ0v) is 15.0. The molecule has 1 atom stereocenters. The van der Waals surface area contributed by atoms with Gasteiger partial charge in [0.05, 0.1) is 16.6 Å². The van der Waals surface area contributed by atoms with E-state index in [9.17, 15) is 4.79 Å². The average Bonchev–Trinajstić information content (AvgIpc) is 3.41. The molecule has 0 saturated carbocycles. The van der Waals surface area contributed by atoms with Crippen LogP contribution in [0.5, 0.6) is 0 Å². The molecule has 0 spiro atoms. The Morgan fingerprint density at radius 3 is 2.92 bits per heavy atom. The molecule has 0 N–H and O–H groups in total. The molecule has 0 aromatic carbocycles. The minimum Gasteiger partial charge on any atom is -0.359 e. The second-order valence-electron chi connectivity index (χ2n) is 6.52. The molecule has 3 aromatic heterocycles. The Hall–Kier alpha value is -2.41. The molecule has 1 aliphatic rings. The Balaban J connectivity index is 1.56. The summed E-state index contributed by atoms with van der Waals surface area (Å²) < 4.78 is 10.8. The second kappa shape index (κ2) is 6.48. The van der Waals surface area contributed by atoms with Crippen LogP contribution in [0, 0.1) is 0 Å². The van der Waals surface area contributed by atoms with Gasteiger partial charge in [-0.25, -0.2) is 0 Å². The summed E-state index contributed by atoms with van der Waals surface area (Å²) in [4.78, 5) is 15.7. The third-order valence-electron chi connectivity index (χ3n) is 4.47. The fourth-order valence-corrected chi connectivity index (χ4v) is 3.77. The van der Waals surface area contributed by atoms with Crippen molar-refractivity contribution in [3.63, 3.8) is 0 Å². The van der Waals surface area contributed by atoms with E-state index in [4.69, 9.17) is 9.05 Å². The molecule has 1 amide bonds. The van der Waals surface area contributed by atoms with Gasteiger partial charge in [-0.1, -0.05) is 30.2 Å². The Morgan fingerprint density at radius 1 is 1.32 bits per heavy atom. The monoisotopic (exact) mass is 357 g/mol. The van der Waals surface area contributed by atoms with Crippen molar-refractivity contribution in [3.05, 3.63) is 46.8 Å². The highest BCUT2D eigenvalue weighted by Gasteiger charge is 2.35. The van der Waals surface area contributed by atoms with Crippen molar-refractivity contribution in [1.29, 1.82) is 0 Å². The van der Waals surface area contributed by atoms with Gasteiger partial charge < -0.3 is 13.9 Å². The first-order valence-corrected chi connectivity index (χ1v) is 9.29. The summed E-state index contributed by atoms with van der Waals surface area (Å²) in [6.07, 6.45) is 1.80. The number of amides is 1. The predicted molar refractivity (Wildman–Crippen MR) is 93.4 cm³/mol. The fourth-order valence-electron chi connectivity index (χ4n) is 3.10. The highest BCUT2D eigenvalue weighted by molar-refractivity contribution is 7.13. The van der Waals surface area contributed by atoms with Crippen molar-refractivity contribution < 1.29 is 13.8 Å². The molecule has 25 heavy (non-hydrogen) atoms. The Bertz CT molecular complexity index is 866. The van der Waals surface area contributed by atoms with Gasteiger partial charge in [-0.15, -0.1) is 11.3 Å². The highest BCUT2D eigenvalue weighted by Crippen LogP contribution is 2.35. The molecule has 4 rings (SSSR count).